The van der Waals surface area contributed by atoms with Crippen molar-refractivity contribution < 1.29 is 4.79 Å². The lowest BCUT2D eigenvalue weighted by molar-refractivity contribution is 0.0798. The van der Waals surface area contributed by atoms with Crippen LogP contribution >= 0.6 is 0 Å². The van der Waals surface area contributed by atoms with Crippen molar-refractivity contribution in [3.8, 4) is 0 Å². The number of nitrogens with one attached hydrogen (secondary N) is 2. The van der Waals surface area contributed by atoms with Gasteiger partial charge in [0.2, 0.25) is 0 Å². The van der Waals surface area contributed by atoms with Crippen LogP contribution in [0.3, 0.4) is 0 Å². The van der Waals surface area contributed by atoms with Crippen LogP contribution in [0.1, 0.15) is 15.9 Å². The lowest BCUT2D eigenvalue weighted by atomic mass is 10.1. The molecule has 2 aromatic rings. The summed E-state index contributed by atoms with van der Waals surface area (Å²) in [5.41, 5.74) is 2.55. The van der Waals surface area contributed by atoms with E-state index in [1.165, 1.54) is 0 Å². The molecular weight excluding hydrogens is 228 g/mol. The first-order valence-corrected chi connectivity index (χ1v) is 5.97. The first-order valence-electron chi connectivity index (χ1n) is 5.97. The van der Waals surface area contributed by atoms with Crippen molar-refractivity contribution in [2.45, 2.75) is 6.92 Å². The molecule has 0 radical (unpaired) electrons. The van der Waals surface area contributed by atoms with Crippen LogP contribution in [0.4, 0.5) is 0 Å². The SMILES string of the molecule is CNCCN(C)C(=O)c1cc(C)cc2cn[nH]c12. The Labute approximate surface area is 106 Å². The summed E-state index contributed by atoms with van der Waals surface area (Å²) in [6.45, 7) is 3.44. The minimum absolute atomic E-state index is 0.0169. The van der Waals surface area contributed by atoms with Gasteiger partial charge in [-0.1, -0.05) is 0 Å². The predicted molar refractivity (Wildman–Crippen MR) is 71.7 cm³/mol. The molecule has 18 heavy (non-hydrogen) atoms. The summed E-state index contributed by atoms with van der Waals surface area (Å²) < 4.78 is 0. The average Bonchev–Trinajstić information content (AvgIpc) is 2.81. The van der Waals surface area contributed by atoms with Gasteiger partial charge < -0.3 is 10.2 Å². The Kier molecular flexibility index (Phi) is 3.62. The normalized spacial score (nSPS) is 10.8. The smallest absolute Gasteiger partial charge is 0.255 e. The molecule has 1 aromatic heterocycles. The van der Waals surface area contributed by atoms with Gasteiger partial charge in [-0.2, -0.15) is 5.10 Å². The molecule has 0 saturated heterocycles. The molecule has 1 aromatic carbocycles. The van der Waals surface area contributed by atoms with Gasteiger partial charge in [-0.15, -0.1) is 0 Å². The van der Waals surface area contributed by atoms with E-state index in [4.69, 9.17) is 0 Å². The highest BCUT2D eigenvalue weighted by Crippen LogP contribution is 2.19. The molecule has 0 spiro atoms. The van der Waals surface area contributed by atoms with Crippen molar-refractivity contribution in [1.82, 2.24) is 20.4 Å². The molecule has 0 fully saturated rings. The second-order valence-corrected chi connectivity index (χ2v) is 4.48. The number of benzene rings is 1. The quantitative estimate of drug-likeness (QED) is 0.851. The predicted octanol–water partition coefficient (Wildman–Crippen LogP) is 1.16. The van der Waals surface area contributed by atoms with Gasteiger partial charge in [0.1, 0.15) is 0 Å². The fraction of sp³-hybridized carbons (Fsp3) is 0.385. The number of fused-ring (bicyclic) bond motifs is 1. The van der Waals surface area contributed by atoms with E-state index < -0.39 is 0 Å². The Morgan fingerprint density at radius 2 is 2.28 bits per heavy atom. The zero-order valence-electron chi connectivity index (χ0n) is 10.9. The number of amides is 1. The van der Waals surface area contributed by atoms with Crippen LogP contribution in [-0.4, -0.2) is 48.2 Å². The highest BCUT2D eigenvalue weighted by atomic mass is 16.2. The molecule has 0 atom stereocenters. The van der Waals surface area contributed by atoms with Crippen LogP contribution in [0.5, 0.6) is 0 Å². The standard InChI is InChI=1S/C13H18N4O/c1-9-6-10-8-15-16-12(10)11(7-9)13(18)17(3)5-4-14-2/h6-8,14H,4-5H2,1-3H3,(H,15,16). The van der Waals surface area contributed by atoms with Crippen molar-refractivity contribution in [3.63, 3.8) is 0 Å². The van der Waals surface area contributed by atoms with Gasteiger partial charge in [0.15, 0.2) is 0 Å². The summed E-state index contributed by atoms with van der Waals surface area (Å²) in [4.78, 5) is 14.1. The zero-order chi connectivity index (χ0) is 13.1. The maximum atomic E-state index is 12.4. The number of hydrogen-bond donors (Lipinski definition) is 2. The van der Waals surface area contributed by atoms with Crippen LogP contribution < -0.4 is 5.32 Å². The summed E-state index contributed by atoms with van der Waals surface area (Å²) in [6, 6.07) is 3.92. The number of aromatic amines is 1. The molecule has 0 bridgehead atoms. The molecule has 1 heterocycles. The highest BCUT2D eigenvalue weighted by Gasteiger charge is 2.16. The summed E-state index contributed by atoms with van der Waals surface area (Å²) in [5.74, 6) is 0.0169. The Morgan fingerprint density at radius 1 is 1.50 bits per heavy atom. The van der Waals surface area contributed by atoms with Gasteiger partial charge in [-0.3, -0.25) is 9.89 Å². The van der Waals surface area contributed by atoms with E-state index in [0.717, 1.165) is 23.0 Å². The number of aromatic nitrogens is 2. The first-order chi connectivity index (χ1) is 8.63. The van der Waals surface area contributed by atoms with Crippen molar-refractivity contribution in [2.24, 2.45) is 0 Å². The molecule has 0 unspecified atom stereocenters. The second-order valence-electron chi connectivity index (χ2n) is 4.48. The Bertz CT molecular complexity index is 561. The highest BCUT2D eigenvalue weighted by molar-refractivity contribution is 6.05. The van der Waals surface area contributed by atoms with Crippen LogP contribution in [0.2, 0.25) is 0 Å². The maximum Gasteiger partial charge on any atom is 0.255 e. The van der Waals surface area contributed by atoms with Gasteiger partial charge in [0, 0.05) is 25.5 Å². The minimum atomic E-state index is 0.0169. The lowest BCUT2D eigenvalue weighted by Gasteiger charge is -2.17. The van der Waals surface area contributed by atoms with Gasteiger partial charge in [-0.25, -0.2) is 0 Å². The number of nitrogens with zero attached hydrogens (tertiary/aromatic N) is 2. The lowest BCUT2D eigenvalue weighted by Crippen LogP contribution is -2.32. The number of H-pyrrole nitrogens is 1. The third-order valence-corrected chi connectivity index (χ3v) is 2.97. The molecular formula is C13H18N4O. The van der Waals surface area contributed by atoms with Crippen molar-refractivity contribution >= 4 is 16.8 Å². The van der Waals surface area contributed by atoms with E-state index in [1.54, 1.807) is 11.1 Å². The molecule has 5 nitrogen and oxygen atoms in total. The van der Waals surface area contributed by atoms with Crippen molar-refractivity contribution in [3.05, 3.63) is 29.5 Å². The minimum Gasteiger partial charge on any atom is -0.340 e. The van der Waals surface area contributed by atoms with E-state index in [-0.39, 0.29) is 5.91 Å². The number of carbonyl (C=O) groups is 1. The molecule has 5 heteroatoms. The van der Waals surface area contributed by atoms with Gasteiger partial charge in [0.25, 0.3) is 5.91 Å². The fourth-order valence-electron chi connectivity index (χ4n) is 1.96. The topological polar surface area (TPSA) is 61.0 Å². The first kappa shape index (κ1) is 12.6. The molecule has 0 aliphatic rings. The van der Waals surface area contributed by atoms with Crippen LogP contribution in [-0.2, 0) is 0 Å². The zero-order valence-corrected chi connectivity index (χ0v) is 10.9. The van der Waals surface area contributed by atoms with E-state index >= 15 is 0 Å². The van der Waals surface area contributed by atoms with Gasteiger partial charge >= 0.3 is 0 Å². The van der Waals surface area contributed by atoms with E-state index in [1.807, 2.05) is 33.2 Å². The molecule has 96 valence electrons. The Balaban J connectivity index is 2.34. The van der Waals surface area contributed by atoms with E-state index in [0.29, 0.717) is 12.1 Å². The summed E-state index contributed by atoms with van der Waals surface area (Å²) in [7, 11) is 3.68. The number of rotatable bonds is 4. The van der Waals surface area contributed by atoms with E-state index in [9.17, 15) is 4.79 Å². The van der Waals surface area contributed by atoms with E-state index in [2.05, 4.69) is 15.5 Å². The molecule has 2 N–H and O–H groups in total. The summed E-state index contributed by atoms with van der Waals surface area (Å²) in [5, 5.41) is 10.9. The van der Waals surface area contributed by atoms with Crippen molar-refractivity contribution in [2.75, 3.05) is 27.2 Å². The third kappa shape index (κ3) is 2.36. The van der Waals surface area contributed by atoms with Gasteiger partial charge in [0.05, 0.1) is 17.3 Å². The van der Waals surface area contributed by atoms with Crippen LogP contribution in [0.15, 0.2) is 18.3 Å². The summed E-state index contributed by atoms with van der Waals surface area (Å²) in [6.07, 6.45) is 1.74. The number of carbonyl (C=O) groups excluding carboxylic acids is 1. The fourth-order valence-corrected chi connectivity index (χ4v) is 1.96. The summed E-state index contributed by atoms with van der Waals surface area (Å²) >= 11 is 0. The molecule has 1 amide bonds. The second kappa shape index (κ2) is 5.18. The van der Waals surface area contributed by atoms with Crippen LogP contribution in [0.25, 0.3) is 10.9 Å². The largest absolute Gasteiger partial charge is 0.340 e. The maximum absolute atomic E-state index is 12.4. The molecule has 0 aliphatic carbocycles. The number of hydrogen-bond acceptors (Lipinski definition) is 3. The third-order valence-electron chi connectivity index (χ3n) is 2.97. The van der Waals surface area contributed by atoms with Crippen molar-refractivity contribution in [1.29, 1.82) is 0 Å². The molecule has 0 saturated carbocycles. The molecule has 2 rings (SSSR count). The Hall–Kier alpha value is -1.88. The Morgan fingerprint density at radius 3 is 3.00 bits per heavy atom. The van der Waals surface area contributed by atoms with Gasteiger partial charge in [-0.05, 0) is 31.7 Å². The van der Waals surface area contributed by atoms with Crippen LogP contribution in [0, 0.1) is 6.92 Å². The average molecular weight is 246 g/mol. The number of likely N-dealkylation sites (N-methyl/N-ethyl adjacent to an activating group) is 2. The monoisotopic (exact) mass is 246 g/mol. The molecule has 0 aliphatic heterocycles. The number of aryl methyl sites for hydroxylation is 1.